The van der Waals surface area contributed by atoms with Crippen LogP contribution in [0.1, 0.15) is 22.0 Å². The van der Waals surface area contributed by atoms with Crippen molar-refractivity contribution in [3.05, 3.63) is 59.7 Å². The Labute approximate surface area is 163 Å². The summed E-state index contributed by atoms with van der Waals surface area (Å²) in [5.74, 6) is -2.95. The zero-order chi connectivity index (χ0) is 21.4. The Morgan fingerprint density at radius 2 is 1.69 bits per heavy atom. The van der Waals surface area contributed by atoms with Crippen LogP contribution >= 0.6 is 0 Å². The molecule has 0 aliphatic carbocycles. The van der Waals surface area contributed by atoms with E-state index in [1.54, 1.807) is 0 Å². The summed E-state index contributed by atoms with van der Waals surface area (Å²) < 4.78 is 46.3. The summed E-state index contributed by atoms with van der Waals surface area (Å²) in [5, 5.41) is 23.6. The van der Waals surface area contributed by atoms with E-state index in [0.29, 0.717) is 5.75 Å². The first-order valence-corrected chi connectivity index (χ1v) is 8.42. The molecule has 2 aromatic carbocycles. The van der Waals surface area contributed by atoms with Crippen molar-refractivity contribution in [1.82, 2.24) is 10.6 Å². The maximum atomic E-state index is 13.8. The number of aromatic hydroxyl groups is 1. The highest BCUT2D eigenvalue weighted by molar-refractivity contribution is 6.00. The van der Waals surface area contributed by atoms with Gasteiger partial charge in [-0.15, -0.1) is 0 Å². The first-order valence-electron chi connectivity index (χ1n) is 8.42. The summed E-state index contributed by atoms with van der Waals surface area (Å²) in [7, 11) is 1.39. The molecule has 2 amide bonds. The number of phenolic OH excluding ortho intramolecular Hbond substituents is 1. The minimum absolute atomic E-state index is 0.104. The third-order valence-corrected chi connectivity index (χ3v) is 4.72. The average Bonchev–Trinajstić information content (AvgIpc) is 2.67. The number of alkyl halides is 3. The van der Waals surface area contributed by atoms with Crippen LogP contribution in [-0.2, 0) is 0 Å². The number of benzene rings is 2. The molecule has 0 spiro atoms. The van der Waals surface area contributed by atoms with Gasteiger partial charge >= 0.3 is 12.2 Å². The summed E-state index contributed by atoms with van der Waals surface area (Å²) in [6.45, 7) is 0. The molecule has 0 saturated carbocycles. The van der Waals surface area contributed by atoms with Crippen LogP contribution in [0.3, 0.4) is 0 Å². The number of amides is 2. The van der Waals surface area contributed by atoms with Crippen LogP contribution in [0.5, 0.6) is 11.5 Å². The number of hydrogen-bond donors (Lipinski definition) is 4. The van der Waals surface area contributed by atoms with Crippen molar-refractivity contribution in [2.24, 2.45) is 5.92 Å². The lowest BCUT2D eigenvalue weighted by Gasteiger charge is -2.45. The van der Waals surface area contributed by atoms with E-state index < -0.39 is 35.7 Å². The lowest BCUT2D eigenvalue weighted by molar-refractivity contribution is -0.287. The minimum Gasteiger partial charge on any atom is -0.508 e. The number of ketones is 1. The number of carbonyl (C=O) groups excluding carboxylic acids is 2. The molecule has 1 aliphatic heterocycles. The van der Waals surface area contributed by atoms with E-state index in [2.05, 4.69) is 5.32 Å². The second-order valence-electron chi connectivity index (χ2n) is 6.50. The van der Waals surface area contributed by atoms with E-state index in [1.807, 2.05) is 0 Å². The minimum atomic E-state index is -5.34. The SMILES string of the molecule is COc1ccc(C(=O)[C@H]2[C@H](c3ccc(O)cc3)NC(=O)N[C@]2(O)C(F)(F)F)cc1. The number of phenols is 1. The van der Waals surface area contributed by atoms with Gasteiger partial charge in [0.25, 0.3) is 0 Å². The van der Waals surface area contributed by atoms with Crippen molar-refractivity contribution in [2.45, 2.75) is 17.9 Å². The number of halogens is 3. The maximum Gasteiger partial charge on any atom is 0.437 e. The third kappa shape index (κ3) is 3.70. The Balaban J connectivity index is 2.13. The van der Waals surface area contributed by atoms with Crippen LogP contribution in [0.15, 0.2) is 48.5 Å². The molecule has 0 bridgehead atoms. The van der Waals surface area contributed by atoms with Crippen LogP contribution in [0, 0.1) is 5.92 Å². The zero-order valence-corrected chi connectivity index (χ0v) is 15.0. The highest BCUT2D eigenvalue weighted by atomic mass is 19.4. The fraction of sp³-hybridized carbons (Fsp3) is 0.263. The highest BCUT2D eigenvalue weighted by Crippen LogP contribution is 2.44. The largest absolute Gasteiger partial charge is 0.508 e. The van der Waals surface area contributed by atoms with Gasteiger partial charge in [0.15, 0.2) is 5.78 Å². The van der Waals surface area contributed by atoms with E-state index in [1.165, 1.54) is 61.0 Å². The number of hydrogen-bond acceptors (Lipinski definition) is 5. The van der Waals surface area contributed by atoms with E-state index in [4.69, 9.17) is 4.74 Å². The lowest BCUT2D eigenvalue weighted by Crippen LogP contribution is -2.72. The van der Waals surface area contributed by atoms with Gasteiger partial charge in [0.05, 0.1) is 13.2 Å². The monoisotopic (exact) mass is 410 g/mol. The predicted molar refractivity (Wildman–Crippen MR) is 94.3 cm³/mol. The predicted octanol–water partition coefficient (Wildman–Crippen LogP) is 2.50. The van der Waals surface area contributed by atoms with Gasteiger partial charge in [0.1, 0.15) is 17.4 Å². The third-order valence-electron chi connectivity index (χ3n) is 4.72. The smallest absolute Gasteiger partial charge is 0.437 e. The van der Waals surface area contributed by atoms with Crippen molar-refractivity contribution in [3.63, 3.8) is 0 Å². The number of rotatable bonds is 4. The summed E-state index contributed by atoms with van der Waals surface area (Å²) in [6, 6.07) is 7.44. The van der Waals surface area contributed by atoms with Crippen LogP contribution in [0.4, 0.5) is 18.0 Å². The summed E-state index contributed by atoms with van der Waals surface area (Å²) in [6.07, 6.45) is -5.34. The molecular weight excluding hydrogens is 393 g/mol. The molecule has 29 heavy (non-hydrogen) atoms. The topological polar surface area (TPSA) is 108 Å². The van der Waals surface area contributed by atoms with E-state index in [0.717, 1.165) is 0 Å². The first kappa shape index (κ1) is 20.5. The van der Waals surface area contributed by atoms with Crippen molar-refractivity contribution in [1.29, 1.82) is 0 Å². The second kappa shape index (κ2) is 7.28. The van der Waals surface area contributed by atoms with Crippen molar-refractivity contribution in [2.75, 3.05) is 7.11 Å². The van der Waals surface area contributed by atoms with Crippen LogP contribution in [-0.4, -0.2) is 41.0 Å². The fourth-order valence-corrected chi connectivity index (χ4v) is 3.23. The quantitative estimate of drug-likeness (QED) is 0.580. The van der Waals surface area contributed by atoms with Crippen molar-refractivity contribution < 1.29 is 37.7 Å². The number of methoxy groups -OCH3 is 1. The molecule has 3 rings (SSSR count). The van der Waals surface area contributed by atoms with Gasteiger partial charge in [-0.3, -0.25) is 4.79 Å². The Bertz CT molecular complexity index is 915. The molecule has 10 heteroatoms. The Kier molecular flexibility index (Phi) is 5.14. The molecule has 1 heterocycles. The van der Waals surface area contributed by atoms with Gasteiger partial charge in [-0.25, -0.2) is 4.79 Å². The van der Waals surface area contributed by atoms with E-state index >= 15 is 0 Å². The number of ether oxygens (including phenoxy) is 1. The van der Waals surface area contributed by atoms with Crippen LogP contribution in [0.2, 0.25) is 0 Å². The van der Waals surface area contributed by atoms with Crippen LogP contribution < -0.4 is 15.4 Å². The summed E-state index contributed by atoms with van der Waals surface area (Å²) in [5.41, 5.74) is -3.82. The van der Waals surface area contributed by atoms with Crippen LogP contribution in [0.25, 0.3) is 0 Å². The summed E-state index contributed by atoms with van der Waals surface area (Å²) >= 11 is 0. The van der Waals surface area contributed by atoms with E-state index in [9.17, 15) is 33.0 Å². The number of aliphatic hydroxyl groups is 1. The molecule has 7 nitrogen and oxygen atoms in total. The molecule has 1 saturated heterocycles. The van der Waals surface area contributed by atoms with Gasteiger partial charge in [-0.05, 0) is 42.0 Å². The zero-order valence-electron chi connectivity index (χ0n) is 15.0. The Morgan fingerprint density at radius 1 is 1.10 bits per heavy atom. The number of nitrogens with one attached hydrogen (secondary N) is 2. The van der Waals surface area contributed by atoms with E-state index in [-0.39, 0.29) is 16.9 Å². The number of carbonyl (C=O) groups is 2. The van der Waals surface area contributed by atoms with Crippen molar-refractivity contribution >= 4 is 11.8 Å². The summed E-state index contributed by atoms with van der Waals surface area (Å²) in [4.78, 5) is 25.0. The van der Waals surface area contributed by atoms with Gasteiger partial charge < -0.3 is 25.6 Å². The molecule has 1 fully saturated rings. The van der Waals surface area contributed by atoms with Gasteiger partial charge in [-0.2, -0.15) is 13.2 Å². The fourth-order valence-electron chi connectivity index (χ4n) is 3.23. The van der Waals surface area contributed by atoms with Gasteiger partial charge in [0, 0.05) is 5.56 Å². The molecule has 0 aromatic heterocycles. The number of urea groups is 1. The van der Waals surface area contributed by atoms with Crippen molar-refractivity contribution in [3.8, 4) is 11.5 Å². The molecule has 3 atom stereocenters. The molecule has 154 valence electrons. The highest BCUT2D eigenvalue weighted by Gasteiger charge is 2.66. The second-order valence-corrected chi connectivity index (χ2v) is 6.50. The van der Waals surface area contributed by atoms with Gasteiger partial charge in [0.2, 0.25) is 5.72 Å². The Morgan fingerprint density at radius 3 is 2.21 bits per heavy atom. The first-order chi connectivity index (χ1) is 13.6. The molecule has 0 radical (unpaired) electrons. The number of Topliss-reactive ketones (excluding diaryl/α,β-unsaturated/α-hetero) is 1. The average molecular weight is 410 g/mol. The molecule has 2 aromatic rings. The molecular formula is C19H17F3N2O5. The normalized spacial score (nSPS) is 24.4. The molecule has 0 unspecified atom stereocenters. The standard InChI is InChI=1S/C19H17F3N2O5/c1-29-13-8-4-11(5-9-13)16(26)14-15(10-2-6-12(25)7-3-10)23-17(27)24-18(14,28)19(20,21)22/h2-9,14-15,25,28H,1H3,(H2,23,24,27)/t14-,15+,18-/m1/s1. The maximum absolute atomic E-state index is 13.8. The van der Waals surface area contributed by atoms with Gasteiger partial charge in [-0.1, -0.05) is 12.1 Å². The molecule has 4 N–H and O–H groups in total. The Hall–Kier alpha value is -3.27. The molecule has 1 aliphatic rings. The lowest BCUT2D eigenvalue weighted by atomic mass is 9.77.